The van der Waals surface area contributed by atoms with E-state index in [1.165, 1.54) is 16.7 Å². The molecular weight excluding hydrogens is 292 g/mol. The maximum Gasteiger partial charge on any atom is 0.0567 e. The smallest absolute Gasteiger partial charge is 0.0567 e. The van der Waals surface area contributed by atoms with Gasteiger partial charge in [-0.05, 0) is 41.8 Å². The molecule has 0 fully saturated rings. The Morgan fingerprint density at radius 2 is 1.58 bits per heavy atom. The van der Waals surface area contributed by atoms with Gasteiger partial charge < -0.3 is 0 Å². The van der Waals surface area contributed by atoms with Gasteiger partial charge >= 0.3 is 0 Å². The van der Waals surface area contributed by atoms with Crippen molar-refractivity contribution in [1.82, 2.24) is 0 Å². The van der Waals surface area contributed by atoms with Crippen LogP contribution in [-0.2, 0) is 0 Å². The third-order valence-electron chi connectivity index (χ3n) is 3.69. The van der Waals surface area contributed by atoms with Crippen molar-refractivity contribution in [3.63, 3.8) is 0 Å². The summed E-state index contributed by atoms with van der Waals surface area (Å²) in [5, 5.41) is 4.24. The van der Waals surface area contributed by atoms with E-state index in [2.05, 4.69) is 66.0 Å². The quantitative estimate of drug-likeness (QED) is 0.469. The van der Waals surface area contributed by atoms with E-state index in [1.807, 2.05) is 42.5 Å². The van der Waals surface area contributed by atoms with E-state index in [4.69, 9.17) is 0 Å². The Bertz CT molecular complexity index is 831. The van der Waals surface area contributed by atoms with Crippen LogP contribution in [0.2, 0.25) is 0 Å². The summed E-state index contributed by atoms with van der Waals surface area (Å²) in [6.45, 7) is 2.10. The second-order valence-corrected chi connectivity index (χ2v) is 5.61. The Hall–Kier alpha value is -3.13. The van der Waals surface area contributed by atoms with Crippen LogP contribution in [0, 0.1) is 6.92 Å². The standard InChI is InChI=1S/C22H20N2/c1-18-12-14-20(15-13-18)21-10-5-11-22(17-21)24-23-16-6-9-19-7-3-2-4-8-19/h2-17,24H,1H3/b9-6+,23-16-. The van der Waals surface area contributed by atoms with Crippen molar-refractivity contribution in [2.45, 2.75) is 6.92 Å². The molecule has 2 nitrogen and oxygen atoms in total. The van der Waals surface area contributed by atoms with Gasteiger partial charge in [-0.15, -0.1) is 0 Å². The van der Waals surface area contributed by atoms with Crippen LogP contribution in [0.4, 0.5) is 5.69 Å². The molecule has 0 amide bonds. The molecule has 0 heterocycles. The number of nitrogens with zero attached hydrogens (tertiary/aromatic N) is 1. The highest BCUT2D eigenvalue weighted by Gasteiger charge is 1.98. The third kappa shape index (κ3) is 4.43. The van der Waals surface area contributed by atoms with E-state index in [1.54, 1.807) is 6.21 Å². The molecule has 3 rings (SSSR count). The van der Waals surface area contributed by atoms with Crippen LogP contribution in [0.3, 0.4) is 0 Å². The van der Waals surface area contributed by atoms with Gasteiger partial charge in [0.05, 0.1) is 5.69 Å². The van der Waals surface area contributed by atoms with Crippen molar-refractivity contribution < 1.29 is 0 Å². The molecule has 0 atom stereocenters. The topological polar surface area (TPSA) is 24.4 Å². The summed E-state index contributed by atoms with van der Waals surface area (Å²) in [4.78, 5) is 0. The summed E-state index contributed by atoms with van der Waals surface area (Å²) < 4.78 is 0. The monoisotopic (exact) mass is 312 g/mol. The number of aryl methyl sites for hydroxylation is 1. The van der Waals surface area contributed by atoms with E-state index in [-0.39, 0.29) is 0 Å². The number of hydrazone groups is 1. The summed E-state index contributed by atoms with van der Waals surface area (Å²) >= 11 is 0. The maximum atomic E-state index is 4.24. The average molecular weight is 312 g/mol. The van der Waals surface area contributed by atoms with Crippen LogP contribution in [0.25, 0.3) is 17.2 Å². The van der Waals surface area contributed by atoms with Gasteiger partial charge in [-0.1, -0.05) is 78.4 Å². The lowest BCUT2D eigenvalue weighted by molar-refractivity contribution is 1.35. The van der Waals surface area contributed by atoms with Crippen LogP contribution in [0.1, 0.15) is 11.1 Å². The van der Waals surface area contributed by atoms with Gasteiger partial charge in [-0.2, -0.15) is 5.10 Å². The highest BCUT2D eigenvalue weighted by molar-refractivity contribution is 5.79. The molecule has 0 radical (unpaired) electrons. The molecule has 24 heavy (non-hydrogen) atoms. The summed E-state index contributed by atoms with van der Waals surface area (Å²) in [7, 11) is 0. The first-order valence-electron chi connectivity index (χ1n) is 7.99. The molecule has 3 aromatic rings. The predicted molar refractivity (Wildman–Crippen MR) is 104 cm³/mol. The zero-order valence-corrected chi connectivity index (χ0v) is 13.7. The minimum Gasteiger partial charge on any atom is -0.279 e. The Labute approximate surface area is 143 Å². The van der Waals surface area contributed by atoms with Crippen LogP contribution < -0.4 is 5.43 Å². The molecule has 0 saturated heterocycles. The van der Waals surface area contributed by atoms with Gasteiger partial charge in [0.15, 0.2) is 0 Å². The fourth-order valence-corrected chi connectivity index (χ4v) is 2.39. The van der Waals surface area contributed by atoms with Gasteiger partial charge in [0.25, 0.3) is 0 Å². The molecule has 118 valence electrons. The van der Waals surface area contributed by atoms with Crippen molar-refractivity contribution in [3.05, 3.63) is 96.1 Å². The molecule has 3 aromatic carbocycles. The molecular formula is C22H20N2. The van der Waals surface area contributed by atoms with Crippen LogP contribution >= 0.6 is 0 Å². The van der Waals surface area contributed by atoms with Crippen molar-refractivity contribution in [2.75, 3.05) is 5.43 Å². The van der Waals surface area contributed by atoms with Gasteiger partial charge in [0.2, 0.25) is 0 Å². The van der Waals surface area contributed by atoms with Crippen molar-refractivity contribution in [2.24, 2.45) is 5.10 Å². The number of hydrogen-bond acceptors (Lipinski definition) is 2. The number of hydrogen-bond donors (Lipinski definition) is 1. The maximum absolute atomic E-state index is 4.24. The zero-order chi connectivity index (χ0) is 16.6. The minimum atomic E-state index is 0.970. The molecule has 0 aliphatic rings. The van der Waals surface area contributed by atoms with Crippen LogP contribution in [-0.4, -0.2) is 6.21 Å². The summed E-state index contributed by atoms with van der Waals surface area (Å²) in [5.74, 6) is 0. The van der Waals surface area contributed by atoms with Gasteiger partial charge in [0.1, 0.15) is 0 Å². The number of anilines is 1. The molecule has 0 spiro atoms. The fourth-order valence-electron chi connectivity index (χ4n) is 2.39. The van der Waals surface area contributed by atoms with E-state index in [0.717, 1.165) is 11.3 Å². The molecule has 0 aliphatic heterocycles. The van der Waals surface area contributed by atoms with Gasteiger partial charge in [-0.25, -0.2) is 0 Å². The number of nitrogens with one attached hydrogen (secondary N) is 1. The van der Waals surface area contributed by atoms with E-state index >= 15 is 0 Å². The molecule has 1 N–H and O–H groups in total. The van der Waals surface area contributed by atoms with E-state index < -0.39 is 0 Å². The Kier molecular flexibility index (Phi) is 5.21. The fraction of sp³-hybridized carbons (Fsp3) is 0.0455. The lowest BCUT2D eigenvalue weighted by Crippen LogP contribution is -1.89. The highest BCUT2D eigenvalue weighted by atomic mass is 15.3. The second-order valence-electron chi connectivity index (χ2n) is 5.61. The minimum absolute atomic E-state index is 0.970. The molecule has 0 bridgehead atoms. The van der Waals surface area contributed by atoms with Gasteiger partial charge in [-0.3, -0.25) is 5.43 Å². The Morgan fingerprint density at radius 3 is 2.38 bits per heavy atom. The zero-order valence-electron chi connectivity index (χ0n) is 13.7. The summed E-state index contributed by atoms with van der Waals surface area (Å²) in [6.07, 6.45) is 5.70. The average Bonchev–Trinajstić information content (AvgIpc) is 2.63. The lowest BCUT2D eigenvalue weighted by atomic mass is 10.0. The molecule has 0 saturated carbocycles. The number of benzene rings is 3. The first-order valence-corrected chi connectivity index (χ1v) is 7.99. The van der Waals surface area contributed by atoms with E-state index in [9.17, 15) is 0 Å². The number of rotatable bonds is 5. The molecule has 0 aromatic heterocycles. The first-order chi connectivity index (χ1) is 11.8. The SMILES string of the molecule is Cc1ccc(-c2cccc(N/N=C\C=C\c3ccccc3)c2)cc1. The number of allylic oxidation sites excluding steroid dienone is 1. The Balaban J connectivity index is 1.63. The Morgan fingerprint density at radius 1 is 0.792 bits per heavy atom. The van der Waals surface area contributed by atoms with Crippen LogP contribution in [0.15, 0.2) is 90.0 Å². The lowest BCUT2D eigenvalue weighted by Gasteiger charge is -2.05. The second kappa shape index (κ2) is 7.93. The predicted octanol–water partition coefficient (Wildman–Crippen LogP) is 5.77. The third-order valence-corrected chi connectivity index (χ3v) is 3.69. The summed E-state index contributed by atoms with van der Waals surface area (Å²) in [5.41, 5.74) is 8.85. The largest absolute Gasteiger partial charge is 0.279 e. The normalized spacial score (nSPS) is 11.2. The first kappa shape index (κ1) is 15.8. The summed E-state index contributed by atoms with van der Waals surface area (Å²) in [6, 6.07) is 26.9. The highest BCUT2D eigenvalue weighted by Crippen LogP contribution is 2.22. The van der Waals surface area contributed by atoms with Crippen molar-refractivity contribution in [3.8, 4) is 11.1 Å². The van der Waals surface area contributed by atoms with Crippen LogP contribution in [0.5, 0.6) is 0 Å². The van der Waals surface area contributed by atoms with Crippen molar-refractivity contribution >= 4 is 18.0 Å². The molecule has 2 heteroatoms. The van der Waals surface area contributed by atoms with Crippen molar-refractivity contribution in [1.29, 1.82) is 0 Å². The molecule has 0 unspecified atom stereocenters. The van der Waals surface area contributed by atoms with E-state index in [0.29, 0.717) is 0 Å². The molecule has 0 aliphatic carbocycles. The van der Waals surface area contributed by atoms with Gasteiger partial charge in [0, 0.05) is 6.21 Å².